The number of piperidine rings is 1. The van der Waals surface area contributed by atoms with Crippen LogP contribution in [0.3, 0.4) is 0 Å². The third-order valence-corrected chi connectivity index (χ3v) is 3.80. The molecule has 1 aromatic carbocycles. The molecule has 2 aromatic rings. The third kappa shape index (κ3) is 2.01. The van der Waals surface area contributed by atoms with Crippen molar-refractivity contribution in [1.82, 2.24) is 14.9 Å². The number of aryl methyl sites for hydroxylation is 1. The summed E-state index contributed by atoms with van der Waals surface area (Å²) in [6.45, 7) is 1.09. The number of nitrogens with one attached hydrogen (secondary N) is 1. The van der Waals surface area contributed by atoms with E-state index in [4.69, 9.17) is 0 Å². The first-order valence-electron chi connectivity index (χ1n) is 6.59. The number of para-hydroxylation sites is 1. The van der Waals surface area contributed by atoms with E-state index in [0.717, 1.165) is 24.3 Å². The van der Waals surface area contributed by atoms with E-state index < -0.39 is 0 Å². The zero-order valence-corrected chi connectivity index (χ0v) is 10.6. The molecule has 0 spiro atoms. The van der Waals surface area contributed by atoms with Crippen molar-refractivity contribution in [2.45, 2.75) is 31.7 Å². The first kappa shape index (κ1) is 11.7. The predicted octanol–water partition coefficient (Wildman–Crippen LogP) is 2.40. The molecule has 1 aliphatic rings. The molecule has 2 heterocycles. The van der Waals surface area contributed by atoms with Crippen molar-refractivity contribution in [3.63, 3.8) is 0 Å². The fourth-order valence-electron chi connectivity index (χ4n) is 2.73. The third-order valence-electron chi connectivity index (χ3n) is 3.80. The Labute approximate surface area is 106 Å². The maximum Gasteiger partial charge on any atom is 0.151 e. The lowest BCUT2D eigenvalue weighted by atomic mass is 10.0. The molecule has 1 N–H and O–H groups in total. The second-order valence-electron chi connectivity index (χ2n) is 5.05. The largest absolute Gasteiger partial charge is 0.331 e. The molecule has 0 aliphatic carbocycles. The highest BCUT2D eigenvalue weighted by molar-refractivity contribution is 5.76. The fourth-order valence-corrected chi connectivity index (χ4v) is 2.73. The molecule has 0 radical (unpaired) electrons. The summed E-state index contributed by atoms with van der Waals surface area (Å²) in [5.74, 6) is 0.737. The predicted molar refractivity (Wildman–Crippen MR) is 70.0 cm³/mol. The van der Waals surface area contributed by atoms with Gasteiger partial charge < -0.3 is 9.88 Å². The molecule has 3 nitrogen and oxygen atoms in total. The van der Waals surface area contributed by atoms with Crippen LogP contribution in [0.1, 0.15) is 25.1 Å². The molecular formula is C14H18FN3. The van der Waals surface area contributed by atoms with Gasteiger partial charge in [-0.2, -0.15) is 0 Å². The number of rotatable bonds is 2. The molecule has 1 fully saturated rings. The summed E-state index contributed by atoms with van der Waals surface area (Å²) in [6, 6.07) is 5.61. The number of benzene rings is 1. The molecule has 1 saturated heterocycles. The van der Waals surface area contributed by atoms with E-state index in [1.807, 2.05) is 17.7 Å². The lowest BCUT2D eigenvalue weighted by Gasteiger charge is -2.22. The van der Waals surface area contributed by atoms with E-state index in [1.54, 1.807) is 6.07 Å². The summed E-state index contributed by atoms with van der Waals surface area (Å²) in [6.07, 6.45) is 4.60. The van der Waals surface area contributed by atoms with Crippen molar-refractivity contribution >= 4 is 11.0 Å². The maximum absolute atomic E-state index is 13.7. The molecule has 4 heteroatoms. The highest BCUT2D eigenvalue weighted by Crippen LogP contribution is 2.20. The Morgan fingerprint density at radius 3 is 3.06 bits per heavy atom. The Hall–Kier alpha value is -1.42. The van der Waals surface area contributed by atoms with Gasteiger partial charge in [0, 0.05) is 19.5 Å². The minimum Gasteiger partial charge on any atom is -0.331 e. The number of aromatic nitrogens is 2. The molecule has 0 saturated carbocycles. The van der Waals surface area contributed by atoms with Gasteiger partial charge in [-0.05, 0) is 31.5 Å². The summed E-state index contributed by atoms with van der Waals surface area (Å²) in [4.78, 5) is 4.45. The van der Waals surface area contributed by atoms with E-state index in [9.17, 15) is 4.39 Å². The van der Waals surface area contributed by atoms with Gasteiger partial charge in [-0.15, -0.1) is 0 Å². The zero-order valence-electron chi connectivity index (χ0n) is 10.6. The molecule has 1 atom stereocenters. The van der Waals surface area contributed by atoms with Crippen LogP contribution in [0.2, 0.25) is 0 Å². The summed E-state index contributed by atoms with van der Waals surface area (Å²) in [7, 11) is 1.97. The van der Waals surface area contributed by atoms with Gasteiger partial charge in [-0.3, -0.25) is 0 Å². The number of hydrogen-bond acceptors (Lipinski definition) is 2. The molecule has 1 aliphatic heterocycles. The van der Waals surface area contributed by atoms with Gasteiger partial charge in [0.1, 0.15) is 11.3 Å². The number of imidazole rings is 1. The van der Waals surface area contributed by atoms with Crippen molar-refractivity contribution in [2.24, 2.45) is 7.05 Å². The molecule has 1 unspecified atom stereocenters. The Morgan fingerprint density at radius 1 is 1.44 bits per heavy atom. The van der Waals surface area contributed by atoms with Crippen LogP contribution < -0.4 is 5.32 Å². The van der Waals surface area contributed by atoms with Crippen molar-refractivity contribution in [3.05, 3.63) is 29.8 Å². The van der Waals surface area contributed by atoms with Crippen LogP contribution in [-0.4, -0.2) is 22.1 Å². The Kier molecular flexibility index (Phi) is 3.04. The van der Waals surface area contributed by atoms with Crippen LogP contribution in [0.5, 0.6) is 0 Å². The van der Waals surface area contributed by atoms with E-state index in [1.165, 1.54) is 25.3 Å². The average molecular weight is 247 g/mol. The Morgan fingerprint density at radius 2 is 2.33 bits per heavy atom. The van der Waals surface area contributed by atoms with Gasteiger partial charge in [0.05, 0.1) is 5.52 Å². The Bertz CT molecular complexity index is 555. The lowest BCUT2D eigenvalue weighted by Crippen LogP contribution is -2.36. The van der Waals surface area contributed by atoms with Gasteiger partial charge in [-0.1, -0.05) is 12.5 Å². The maximum atomic E-state index is 13.7. The minimum atomic E-state index is -0.231. The zero-order chi connectivity index (χ0) is 12.5. The normalized spacial score (nSPS) is 20.4. The summed E-state index contributed by atoms with van der Waals surface area (Å²) in [5.41, 5.74) is 1.37. The highest BCUT2D eigenvalue weighted by atomic mass is 19.1. The standard InChI is InChI=1S/C14H18FN3/c1-18-12-7-4-6-11(15)14(12)17-13(18)9-10-5-2-3-8-16-10/h4,6-7,10,16H,2-3,5,8-9H2,1H3. The molecule has 96 valence electrons. The van der Waals surface area contributed by atoms with E-state index in [-0.39, 0.29) is 5.82 Å². The monoisotopic (exact) mass is 247 g/mol. The molecule has 3 rings (SSSR count). The van der Waals surface area contributed by atoms with Crippen molar-refractivity contribution in [3.8, 4) is 0 Å². The molecule has 18 heavy (non-hydrogen) atoms. The summed E-state index contributed by atoms with van der Waals surface area (Å²) >= 11 is 0. The molecule has 0 amide bonds. The van der Waals surface area contributed by atoms with Gasteiger partial charge in [0.2, 0.25) is 0 Å². The topological polar surface area (TPSA) is 29.9 Å². The molecule has 1 aromatic heterocycles. The smallest absolute Gasteiger partial charge is 0.151 e. The van der Waals surface area contributed by atoms with Gasteiger partial charge in [0.15, 0.2) is 5.82 Å². The fraction of sp³-hybridized carbons (Fsp3) is 0.500. The van der Waals surface area contributed by atoms with Crippen LogP contribution >= 0.6 is 0 Å². The van der Waals surface area contributed by atoms with Crippen molar-refractivity contribution < 1.29 is 4.39 Å². The summed E-state index contributed by atoms with van der Waals surface area (Å²) in [5, 5.41) is 3.51. The SMILES string of the molecule is Cn1c(CC2CCCCN2)nc2c(F)cccc21. The van der Waals surface area contributed by atoms with Crippen LogP contribution in [0.25, 0.3) is 11.0 Å². The first-order valence-corrected chi connectivity index (χ1v) is 6.59. The van der Waals surface area contributed by atoms with E-state index >= 15 is 0 Å². The molecule has 0 bridgehead atoms. The molecular weight excluding hydrogens is 229 g/mol. The van der Waals surface area contributed by atoms with Crippen LogP contribution in [0.15, 0.2) is 18.2 Å². The number of nitrogens with zero attached hydrogens (tertiary/aromatic N) is 2. The number of hydrogen-bond donors (Lipinski definition) is 1. The summed E-state index contributed by atoms with van der Waals surface area (Å²) < 4.78 is 15.7. The second kappa shape index (κ2) is 4.69. The lowest BCUT2D eigenvalue weighted by molar-refractivity contribution is 0.392. The highest BCUT2D eigenvalue weighted by Gasteiger charge is 2.17. The van der Waals surface area contributed by atoms with Gasteiger partial charge in [-0.25, -0.2) is 9.37 Å². The van der Waals surface area contributed by atoms with E-state index in [0.29, 0.717) is 11.6 Å². The van der Waals surface area contributed by atoms with Crippen molar-refractivity contribution in [2.75, 3.05) is 6.54 Å². The first-order chi connectivity index (χ1) is 8.75. The van der Waals surface area contributed by atoms with Crippen LogP contribution in [0.4, 0.5) is 4.39 Å². The number of halogens is 1. The van der Waals surface area contributed by atoms with Crippen molar-refractivity contribution in [1.29, 1.82) is 0 Å². The van der Waals surface area contributed by atoms with E-state index in [2.05, 4.69) is 10.3 Å². The van der Waals surface area contributed by atoms with Gasteiger partial charge >= 0.3 is 0 Å². The Balaban J connectivity index is 1.92. The average Bonchev–Trinajstić information content (AvgIpc) is 2.70. The van der Waals surface area contributed by atoms with Crippen LogP contribution in [-0.2, 0) is 13.5 Å². The number of fused-ring (bicyclic) bond motifs is 1. The quantitative estimate of drug-likeness (QED) is 0.883. The second-order valence-corrected chi connectivity index (χ2v) is 5.05. The minimum absolute atomic E-state index is 0.231. The van der Waals surface area contributed by atoms with Gasteiger partial charge in [0.25, 0.3) is 0 Å². The van der Waals surface area contributed by atoms with Crippen LogP contribution in [0, 0.1) is 5.82 Å².